The van der Waals surface area contributed by atoms with Crippen molar-refractivity contribution in [2.75, 3.05) is 28.4 Å². The van der Waals surface area contributed by atoms with Gasteiger partial charge in [0.2, 0.25) is 0 Å². The summed E-state index contributed by atoms with van der Waals surface area (Å²) in [6.45, 7) is 0. The molecular weight excluding hydrogens is 416 g/mol. The van der Waals surface area contributed by atoms with Crippen LogP contribution in [0.4, 0.5) is 0 Å². The van der Waals surface area contributed by atoms with Gasteiger partial charge in [0.15, 0.2) is 0 Å². The van der Waals surface area contributed by atoms with Gasteiger partial charge in [0, 0.05) is 28.4 Å². The van der Waals surface area contributed by atoms with Gasteiger partial charge in [0.1, 0.15) is 0 Å². The summed E-state index contributed by atoms with van der Waals surface area (Å²) in [6, 6.07) is 4.04. The van der Waals surface area contributed by atoms with Crippen molar-refractivity contribution in [1.29, 1.82) is 0 Å². The van der Waals surface area contributed by atoms with Crippen molar-refractivity contribution in [2.24, 2.45) is 11.8 Å². The summed E-state index contributed by atoms with van der Waals surface area (Å²) in [6.07, 6.45) is 12.1. The molecule has 6 nitrogen and oxygen atoms in total. The van der Waals surface area contributed by atoms with Crippen molar-refractivity contribution >= 4 is 17.1 Å². The fraction of sp³-hybridized carbons (Fsp3) is 1.00. The first-order valence-corrected chi connectivity index (χ1v) is 16.5. The summed E-state index contributed by atoms with van der Waals surface area (Å²) in [5.74, 6) is 1.52. The lowest BCUT2D eigenvalue weighted by molar-refractivity contribution is 0.221. The van der Waals surface area contributed by atoms with E-state index in [0.717, 1.165) is 36.0 Å². The molecule has 0 amide bonds. The Morgan fingerprint density at radius 1 is 0.567 bits per heavy atom. The lowest BCUT2D eigenvalue weighted by Crippen LogP contribution is -2.46. The van der Waals surface area contributed by atoms with Gasteiger partial charge in [-0.15, -0.1) is 0 Å². The summed E-state index contributed by atoms with van der Waals surface area (Å²) < 4.78 is 35.8. The van der Waals surface area contributed by atoms with E-state index in [1.54, 1.807) is 0 Å². The summed E-state index contributed by atoms with van der Waals surface area (Å²) in [5, 5.41) is 0. The van der Waals surface area contributed by atoms with Crippen molar-refractivity contribution in [1.82, 2.24) is 0 Å². The average Bonchev–Trinajstić information content (AvgIpc) is 3.70. The number of hydrogen-bond acceptors (Lipinski definition) is 6. The third kappa shape index (κ3) is 5.57. The van der Waals surface area contributed by atoms with Crippen LogP contribution in [0.5, 0.6) is 0 Å². The van der Waals surface area contributed by atoms with E-state index in [1.807, 2.05) is 28.4 Å². The number of fused-ring (bicyclic) bond motifs is 2. The zero-order valence-electron chi connectivity index (χ0n) is 19.4. The highest BCUT2D eigenvalue weighted by atomic mass is 28.4. The molecule has 4 fully saturated rings. The van der Waals surface area contributed by atoms with Gasteiger partial charge in [0.05, 0.1) is 24.4 Å². The van der Waals surface area contributed by atoms with E-state index in [9.17, 15) is 0 Å². The summed E-state index contributed by atoms with van der Waals surface area (Å²) in [4.78, 5) is 0. The van der Waals surface area contributed by atoms with Crippen molar-refractivity contribution in [3.63, 3.8) is 0 Å². The molecule has 0 radical (unpaired) electrons. The number of hydrogen-bond donors (Lipinski definition) is 0. The Bertz CT molecular complexity index is 508. The molecule has 0 aromatic rings. The van der Waals surface area contributed by atoms with Crippen LogP contribution in [0, 0.1) is 11.8 Å². The maximum Gasteiger partial charge on any atom is 0.337 e. The van der Waals surface area contributed by atoms with E-state index in [4.69, 9.17) is 27.2 Å². The first kappa shape index (κ1) is 23.4. The molecule has 2 aliphatic heterocycles. The van der Waals surface area contributed by atoms with Crippen LogP contribution >= 0.6 is 0 Å². The van der Waals surface area contributed by atoms with Crippen LogP contribution in [-0.2, 0) is 27.2 Å². The number of ether oxygens (including phenoxy) is 2. The normalized spacial score (nSPS) is 35.6. The molecule has 4 aliphatic rings. The van der Waals surface area contributed by atoms with Crippen LogP contribution in [-0.4, -0.2) is 70.0 Å². The minimum absolute atomic E-state index is 0.544. The van der Waals surface area contributed by atoms with E-state index in [2.05, 4.69) is 0 Å². The Hall–Kier alpha value is 0.194. The third-order valence-corrected chi connectivity index (χ3v) is 16.1. The Balaban J connectivity index is 1.27. The number of epoxide rings is 2. The molecule has 0 spiro atoms. The van der Waals surface area contributed by atoms with Crippen LogP contribution in [0.25, 0.3) is 0 Å². The van der Waals surface area contributed by atoms with Crippen LogP contribution in [0.1, 0.15) is 51.4 Å². The zero-order chi connectivity index (χ0) is 21.2. The smallest absolute Gasteiger partial charge is 0.337 e. The highest BCUT2D eigenvalue weighted by Gasteiger charge is 2.47. The van der Waals surface area contributed by atoms with Gasteiger partial charge >= 0.3 is 17.1 Å². The van der Waals surface area contributed by atoms with E-state index in [0.29, 0.717) is 24.4 Å². The van der Waals surface area contributed by atoms with Crippen molar-refractivity contribution in [3.8, 4) is 0 Å². The average molecular weight is 459 g/mol. The van der Waals surface area contributed by atoms with Crippen molar-refractivity contribution in [2.45, 2.75) is 100.0 Å². The summed E-state index contributed by atoms with van der Waals surface area (Å²) >= 11 is 0. The fourth-order valence-electron chi connectivity index (χ4n) is 5.96. The Morgan fingerprint density at radius 3 is 1.30 bits per heavy atom. The topological polar surface area (TPSA) is 62.0 Å². The third-order valence-electron chi connectivity index (χ3n) is 8.47. The molecule has 30 heavy (non-hydrogen) atoms. The molecule has 2 saturated carbocycles. The maximum absolute atomic E-state index is 6.09. The maximum atomic E-state index is 6.09. The minimum atomic E-state index is -2.24. The molecule has 0 aromatic heterocycles. The van der Waals surface area contributed by atoms with Crippen LogP contribution in [0.15, 0.2) is 0 Å². The van der Waals surface area contributed by atoms with Crippen LogP contribution < -0.4 is 0 Å². The largest absolute Gasteiger partial charge is 0.398 e. The predicted molar refractivity (Wildman–Crippen MR) is 120 cm³/mol. The van der Waals surface area contributed by atoms with Gasteiger partial charge in [0.25, 0.3) is 0 Å². The monoisotopic (exact) mass is 458 g/mol. The minimum Gasteiger partial charge on any atom is -0.398 e. The number of rotatable bonds is 13. The second kappa shape index (κ2) is 9.99. The van der Waals surface area contributed by atoms with Gasteiger partial charge in [-0.1, -0.05) is 0 Å². The second-order valence-corrected chi connectivity index (χ2v) is 17.3. The molecule has 4 rings (SSSR count). The van der Waals surface area contributed by atoms with Gasteiger partial charge in [-0.2, -0.15) is 0 Å². The molecular formula is C22H42O6Si2. The van der Waals surface area contributed by atoms with Crippen LogP contribution in [0.2, 0.25) is 24.2 Å². The van der Waals surface area contributed by atoms with Crippen molar-refractivity contribution < 1.29 is 27.2 Å². The van der Waals surface area contributed by atoms with E-state index >= 15 is 0 Å². The Kier molecular flexibility index (Phi) is 7.78. The SMILES string of the molecule is CO[Si](CCC1CCC2OC2C1)(CC[Si](CCC1CCC2OC2C1)(OC)OC)OC. The summed E-state index contributed by atoms with van der Waals surface area (Å²) in [5.41, 5.74) is 0. The van der Waals surface area contributed by atoms with E-state index < -0.39 is 17.1 Å². The van der Waals surface area contributed by atoms with E-state index in [1.165, 1.54) is 51.4 Å². The predicted octanol–water partition coefficient (Wildman–Crippen LogP) is 4.37. The van der Waals surface area contributed by atoms with Gasteiger partial charge in [-0.3, -0.25) is 0 Å². The van der Waals surface area contributed by atoms with Gasteiger partial charge < -0.3 is 27.2 Å². The molecule has 0 aromatic carbocycles. The highest BCUT2D eigenvalue weighted by Crippen LogP contribution is 2.43. The van der Waals surface area contributed by atoms with Crippen LogP contribution in [0.3, 0.4) is 0 Å². The standard InChI is InChI=1S/C22H42O6Si2/c1-23-29(24-2,11-9-17-5-7-19-21(15-17)27-19)13-14-30(25-3,26-4)12-10-18-6-8-20-22(16-18)28-20/h17-22H,5-16H2,1-4H3. The Morgan fingerprint density at radius 2 is 0.967 bits per heavy atom. The van der Waals surface area contributed by atoms with E-state index in [-0.39, 0.29) is 0 Å². The summed E-state index contributed by atoms with van der Waals surface area (Å²) in [7, 11) is 2.89. The van der Waals surface area contributed by atoms with Crippen molar-refractivity contribution in [3.05, 3.63) is 0 Å². The molecule has 2 heterocycles. The molecule has 174 valence electrons. The quantitative estimate of drug-likeness (QED) is 0.302. The lowest BCUT2D eigenvalue weighted by Gasteiger charge is -2.34. The lowest BCUT2D eigenvalue weighted by atomic mass is 9.88. The Labute approximate surface area is 184 Å². The molecule has 2 saturated heterocycles. The fourth-order valence-corrected chi connectivity index (χ4v) is 13.2. The highest BCUT2D eigenvalue weighted by molar-refractivity contribution is 6.73. The molecule has 0 bridgehead atoms. The van der Waals surface area contributed by atoms with Gasteiger partial charge in [-0.25, -0.2) is 0 Å². The first-order chi connectivity index (χ1) is 14.5. The second-order valence-electron chi connectivity index (χ2n) is 10.00. The molecule has 8 heteroatoms. The molecule has 6 atom stereocenters. The zero-order valence-corrected chi connectivity index (χ0v) is 21.4. The first-order valence-electron chi connectivity index (χ1n) is 12.1. The molecule has 0 N–H and O–H groups in total. The molecule has 6 unspecified atom stereocenters. The molecule has 2 aliphatic carbocycles. The van der Waals surface area contributed by atoms with Gasteiger partial charge in [-0.05, 0) is 87.4 Å².